The number of halogens is 1. The minimum atomic E-state index is -0.449. The summed E-state index contributed by atoms with van der Waals surface area (Å²) >= 11 is 0. The van der Waals surface area contributed by atoms with E-state index in [0.29, 0.717) is 16.9 Å². The van der Waals surface area contributed by atoms with E-state index in [0.717, 1.165) is 0 Å². The average molecular weight is 207 g/mol. The summed E-state index contributed by atoms with van der Waals surface area (Å²) in [5.41, 5.74) is 12.4. The second-order valence-electron chi connectivity index (χ2n) is 3.05. The molecule has 0 aliphatic carbocycles. The van der Waals surface area contributed by atoms with Gasteiger partial charge in [0.1, 0.15) is 18.3 Å². The Morgan fingerprint density at radius 3 is 2.80 bits per heavy atom. The summed E-state index contributed by atoms with van der Waals surface area (Å²) in [5, 5.41) is 3.84. The lowest BCUT2D eigenvalue weighted by Gasteiger charge is -2.07. The Labute approximate surface area is 85.5 Å². The molecule has 2 rings (SSSR count). The maximum Gasteiger partial charge on any atom is 0.150 e. The van der Waals surface area contributed by atoms with Crippen molar-refractivity contribution in [1.82, 2.24) is 14.8 Å². The van der Waals surface area contributed by atoms with E-state index in [4.69, 9.17) is 11.5 Å². The lowest BCUT2D eigenvalue weighted by Crippen LogP contribution is -2.06. The van der Waals surface area contributed by atoms with E-state index in [1.165, 1.54) is 23.4 Å². The van der Waals surface area contributed by atoms with Gasteiger partial charge in [-0.05, 0) is 17.7 Å². The Bertz CT molecular complexity index is 466. The van der Waals surface area contributed by atoms with Crippen LogP contribution in [0.5, 0.6) is 0 Å². The van der Waals surface area contributed by atoms with Crippen molar-refractivity contribution in [3.05, 3.63) is 36.2 Å². The van der Waals surface area contributed by atoms with Gasteiger partial charge in [0.05, 0.1) is 0 Å². The van der Waals surface area contributed by atoms with Gasteiger partial charge in [0.15, 0.2) is 5.82 Å². The highest BCUT2D eigenvalue weighted by Crippen LogP contribution is 2.19. The molecule has 0 aliphatic rings. The van der Waals surface area contributed by atoms with Crippen LogP contribution in [-0.2, 0) is 6.54 Å². The Kier molecular flexibility index (Phi) is 2.34. The van der Waals surface area contributed by atoms with Gasteiger partial charge in [-0.1, -0.05) is 0 Å². The van der Waals surface area contributed by atoms with E-state index in [2.05, 4.69) is 10.1 Å². The summed E-state index contributed by atoms with van der Waals surface area (Å²) in [6.07, 6.45) is 2.74. The molecule has 15 heavy (non-hydrogen) atoms. The van der Waals surface area contributed by atoms with E-state index in [1.54, 1.807) is 6.07 Å². The summed E-state index contributed by atoms with van der Waals surface area (Å²) < 4.78 is 14.8. The van der Waals surface area contributed by atoms with Crippen molar-refractivity contribution in [3.63, 3.8) is 0 Å². The highest BCUT2D eigenvalue weighted by molar-refractivity contribution is 5.53. The third kappa shape index (κ3) is 1.66. The zero-order chi connectivity index (χ0) is 10.8. The van der Waals surface area contributed by atoms with Gasteiger partial charge in [0, 0.05) is 12.2 Å². The molecule has 4 N–H and O–H groups in total. The topological polar surface area (TPSA) is 82.8 Å². The van der Waals surface area contributed by atoms with Crippen LogP contribution in [0.2, 0.25) is 0 Å². The molecule has 0 unspecified atom stereocenters. The van der Waals surface area contributed by atoms with Crippen molar-refractivity contribution in [2.45, 2.75) is 6.54 Å². The molecule has 5 nitrogen and oxygen atoms in total. The van der Waals surface area contributed by atoms with Crippen LogP contribution in [0.1, 0.15) is 5.56 Å². The molecule has 0 aliphatic heterocycles. The highest BCUT2D eigenvalue weighted by Gasteiger charge is 2.09. The predicted molar refractivity (Wildman–Crippen MR) is 53.6 cm³/mol. The molecule has 1 heterocycles. The maximum atomic E-state index is 13.5. The van der Waals surface area contributed by atoms with Crippen LogP contribution in [0.4, 0.5) is 10.1 Å². The number of hydrogen-bond acceptors (Lipinski definition) is 4. The minimum absolute atomic E-state index is 0.258. The minimum Gasteiger partial charge on any atom is -0.398 e. The summed E-state index contributed by atoms with van der Waals surface area (Å²) in [4.78, 5) is 3.74. The molecule has 1 aromatic carbocycles. The summed E-state index contributed by atoms with van der Waals surface area (Å²) in [7, 11) is 0. The van der Waals surface area contributed by atoms with Gasteiger partial charge < -0.3 is 11.5 Å². The van der Waals surface area contributed by atoms with Crippen LogP contribution in [-0.4, -0.2) is 14.8 Å². The average Bonchev–Trinajstić information content (AvgIpc) is 2.71. The molecule has 6 heteroatoms. The number of rotatable bonds is 2. The Morgan fingerprint density at radius 2 is 2.20 bits per heavy atom. The summed E-state index contributed by atoms with van der Waals surface area (Å²) in [5.74, 6) is -0.449. The van der Waals surface area contributed by atoms with Crippen LogP contribution in [0, 0.1) is 5.82 Å². The number of nitrogens with two attached hydrogens (primary N) is 2. The Hall–Kier alpha value is -1.95. The first kappa shape index (κ1) is 9.60. The largest absolute Gasteiger partial charge is 0.398 e. The van der Waals surface area contributed by atoms with Crippen molar-refractivity contribution in [1.29, 1.82) is 0 Å². The van der Waals surface area contributed by atoms with Crippen LogP contribution >= 0.6 is 0 Å². The van der Waals surface area contributed by atoms with Crippen LogP contribution in [0.3, 0.4) is 0 Å². The van der Waals surface area contributed by atoms with Gasteiger partial charge >= 0.3 is 0 Å². The van der Waals surface area contributed by atoms with E-state index in [9.17, 15) is 4.39 Å². The number of benzene rings is 1. The molecule has 2 aromatic rings. The second-order valence-corrected chi connectivity index (χ2v) is 3.05. The fraction of sp³-hybridized carbons (Fsp3) is 0.111. The standard InChI is InChI=1S/C9H10FN5/c10-7-2-8(12)6(3-11)1-9(7)15-5-13-4-14-15/h1-2,4-5H,3,11-12H2. The van der Waals surface area contributed by atoms with Gasteiger partial charge in [0.25, 0.3) is 0 Å². The molecule has 0 spiro atoms. The van der Waals surface area contributed by atoms with E-state index in [-0.39, 0.29) is 6.54 Å². The smallest absolute Gasteiger partial charge is 0.150 e. The molecular weight excluding hydrogens is 197 g/mol. The fourth-order valence-corrected chi connectivity index (χ4v) is 1.31. The normalized spacial score (nSPS) is 10.5. The molecule has 0 saturated heterocycles. The zero-order valence-electron chi connectivity index (χ0n) is 7.89. The van der Waals surface area contributed by atoms with Gasteiger partial charge in [0.2, 0.25) is 0 Å². The molecule has 0 amide bonds. The summed E-state index contributed by atoms with van der Waals surface area (Å²) in [6.45, 7) is 0.258. The molecule has 0 saturated carbocycles. The van der Waals surface area contributed by atoms with E-state index in [1.807, 2.05) is 0 Å². The zero-order valence-corrected chi connectivity index (χ0v) is 7.89. The van der Waals surface area contributed by atoms with Gasteiger partial charge in [-0.15, -0.1) is 0 Å². The van der Waals surface area contributed by atoms with Crippen LogP contribution < -0.4 is 11.5 Å². The molecule has 78 valence electrons. The van der Waals surface area contributed by atoms with Gasteiger partial charge in [-0.25, -0.2) is 14.1 Å². The first-order chi connectivity index (χ1) is 7.22. The van der Waals surface area contributed by atoms with Crippen molar-refractivity contribution in [2.24, 2.45) is 5.73 Å². The molecule has 0 bridgehead atoms. The van der Waals surface area contributed by atoms with Crippen molar-refractivity contribution in [2.75, 3.05) is 5.73 Å². The van der Waals surface area contributed by atoms with E-state index >= 15 is 0 Å². The van der Waals surface area contributed by atoms with Crippen LogP contribution in [0.15, 0.2) is 24.8 Å². The highest BCUT2D eigenvalue weighted by atomic mass is 19.1. The molecule has 0 atom stereocenters. The monoisotopic (exact) mass is 207 g/mol. The number of nitrogen functional groups attached to an aromatic ring is 1. The molecule has 1 aromatic heterocycles. The van der Waals surface area contributed by atoms with Crippen molar-refractivity contribution in [3.8, 4) is 5.69 Å². The van der Waals surface area contributed by atoms with E-state index < -0.39 is 5.82 Å². The summed E-state index contributed by atoms with van der Waals surface area (Å²) in [6, 6.07) is 2.80. The number of nitrogens with zero attached hydrogens (tertiary/aromatic N) is 3. The third-order valence-electron chi connectivity index (χ3n) is 2.09. The Morgan fingerprint density at radius 1 is 1.40 bits per heavy atom. The first-order valence-electron chi connectivity index (χ1n) is 4.35. The van der Waals surface area contributed by atoms with Gasteiger partial charge in [-0.3, -0.25) is 0 Å². The van der Waals surface area contributed by atoms with Gasteiger partial charge in [-0.2, -0.15) is 5.10 Å². The number of anilines is 1. The lowest BCUT2D eigenvalue weighted by molar-refractivity contribution is 0.610. The molecular formula is C9H10FN5. The lowest BCUT2D eigenvalue weighted by atomic mass is 10.1. The van der Waals surface area contributed by atoms with Crippen molar-refractivity contribution >= 4 is 5.69 Å². The maximum absolute atomic E-state index is 13.5. The second kappa shape index (κ2) is 3.66. The van der Waals surface area contributed by atoms with Crippen LogP contribution in [0.25, 0.3) is 5.69 Å². The quantitative estimate of drug-likeness (QED) is 0.700. The molecule has 0 fully saturated rings. The number of hydrogen-bond donors (Lipinski definition) is 2. The third-order valence-corrected chi connectivity index (χ3v) is 2.09. The fourth-order valence-electron chi connectivity index (χ4n) is 1.31. The van der Waals surface area contributed by atoms with Crippen molar-refractivity contribution < 1.29 is 4.39 Å². The SMILES string of the molecule is NCc1cc(-n2cncn2)c(F)cc1N. The first-order valence-corrected chi connectivity index (χ1v) is 4.35. The predicted octanol–water partition coefficient (Wildman–Crippen LogP) is 0.447. The Balaban J connectivity index is 2.57. The number of aromatic nitrogens is 3. The molecule has 0 radical (unpaired) electrons.